The van der Waals surface area contributed by atoms with Crippen LogP contribution < -0.4 is 0 Å². The normalized spacial score (nSPS) is 21.5. The van der Waals surface area contributed by atoms with Gasteiger partial charge in [0.15, 0.2) is 5.12 Å². The molecule has 0 saturated carbocycles. The van der Waals surface area contributed by atoms with Crippen LogP contribution in [0.5, 0.6) is 0 Å². The van der Waals surface area contributed by atoms with Crippen molar-refractivity contribution in [2.24, 2.45) is 5.92 Å². The third-order valence-corrected chi connectivity index (χ3v) is 8.29. The van der Waals surface area contributed by atoms with Crippen molar-refractivity contribution in [2.45, 2.75) is 37.6 Å². The van der Waals surface area contributed by atoms with E-state index in [9.17, 15) is 24.3 Å². The summed E-state index contributed by atoms with van der Waals surface area (Å²) in [6, 6.07) is 8.18. The molecule has 1 aromatic carbocycles. The smallest absolute Gasteiger partial charge is 0.327 e. The molecule has 0 aliphatic carbocycles. The lowest BCUT2D eigenvalue weighted by molar-refractivity contribution is -0.153. The Labute approximate surface area is 184 Å². The first-order valence-electron chi connectivity index (χ1n) is 9.93. The minimum absolute atomic E-state index is 0.0488. The van der Waals surface area contributed by atoms with Gasteiger partial charge in [-0.25, -0.2) is 4.79 Å². The summed E-state index contributed by atoms with van der Waals surface area (Å²) in [5.74, 6) is -1.09. The standard InChI is InChI=1S/C21H26N2O5S2/c1-14(12-29-15(2)24)18(25)23-17(20(27)28)13-30-21(23)8-10-22(11-9-21)19(26)16-6-4-3-5-7-16/h3-7,14,17H,8-13H2,1-2H3,(H,27,28)/t14-,17-/m0/s1. The Morgan fingerprint density at radius 1 is 1.20 bits per heavy atom. The number of nitrogens with zero attached hydrogens (tertiary/aromatic N) is 2. The fourth-order valence-corrected chi connectivity index (χ4v) is 6.17. The molecule has 0 unspecified atom stereocenters. The van der Waals surface area contributed by atoms with Crippen molar-refractivity contribution < 1.29 is 24.3 Å². The Morgan fingerprint density at radius 2 is 1.83 bits per heavy atom. The molecule has 2 aliphatic heterocycles. The SMILES string of the molecule is CC(=O)SC[C@H](C)C(=O)N1[C@H](C(=O)O)CSC12CCN(C(=O)c1ccccc1)CC2. The molecule has 1 aromatic rings. The van der Waals surface area contributed by atoms with Gasteiger partial charge in [0.25, 0.3) is 5.91 Å². The van der Waals surface area contributed by atoms with Crippen LogP contribution in [0.1, 0.15) is 37.0 Å². The molecule has 3 rings (SSSR count). The van der Waals surface area contributed by atoms with Crippen LogP contribution >= 0.6 is 23.5 Å². The van der Waals surface area contributed by atoms with E-state index in [2.05, 4.69) is 0 Å². The lowest BCUT2D eigenvalue weighted by Crippen LogP contribution is -2.58. The number of carboxylic acid groups (broad SMARTS) is 1. The van der Waals surface area contributed by atoms with Gasteiger partial charge in [-0.05, 0) is 25.0 Å². The first-order valence-corrected chi connectivity index (χ1v) is 11.9. The summed E-state index contributed by atoms with van der Waals surface area (Å²) in [5, 5.41) is 9.64. The van der Waals surface area contributed by atoms with Crippen LogP contribution in [0.4, 0.5) is 0 Å². The zero-order valence-electron chi connectivity index (χ0n) is 17.1. The second-order valence-corrected chi connectivity index (χ2v) is 10.3. The number of hydrogen-bond donors (Lipinski definition) is 1. The predicted molar refractivity (Wildman–Crippen MR) is 117 cm³/mol. The Balaban J connectivity index is 1.75. The number of amides is 2. The molecule has 7 nitrogen and oxygen atoms in total. The molecule has 2 amide bonds. The lowest BCUT2D eigenvalue weighted by atomic mass is 9.98. The molecule has 2 aliphatic rings. The quantitative estimate of drug-likeness (QED) is 0.737. The number of hydrogen-bond acceptors (Lipinski definition) is 6. The van der Waals surface area contributed by atoms with Gasteiger partial charge < -0.3 is 14.9 Å². The number of piperidine rings is 1. The minimum Gasteiger partial charge on any atom is -0.480 e. The molecule has 30 heavy (non-hydrogen) atoms. The third-order valence-electron chi connectivity index (χ3n) is 5.59. The van der Waals surface area contributed by atoms with Crippen molar-refractivity contribution in [3.63, 3.8) is 0 Å². The maximum Gasteiger partial charge on any atom is 0.327 e. The highest BCUT2D eigenvalue weighted by Crippen LogP contribution is 2.47. The minimum atomic E-state index is -1.01. The summed E-state index contributed by atoms with van der Waals surface area (Å²) in [4.78, 5) is 51.8. The van der Waals surface area contributed by atoms with Crippen LogP contribution in [0.15, 0.2) is 30.3 Å². The Morgan fingerprint density at radius 3 is 2.40 bits per heavy atom. The molecule has 2 saturated heterocycles. The van der Waals surface area contributed by atoms with Gasteiger partial charge in [0.1, 0.15) is 6.04 Å². The van der Waals surface area contributed by atoms with E-state index < -0.39 is 22.8 Å². The Bertz CT molecular complexity index is 824. The highest BCUT2D eigenvalue weighted by Gasteiger charge is 2.54. The highest BCUT2D eigenvalue weighted by atomic mass is 32.2. The number of carbonyl (C=O) groups excluding carboxylic acids is 3. The molecule has 1 N–H and O–H groups in total. The molecule has 2 heterocycles. The fourth-order valence-electron chi connectivity index (χ4n) is 3.96. The van der Waals surface area contributed by atoms with Gasteiger partial charge in [0.05, 0.1) is 4.87 Å². The van der Waals surface area contributed by atoms with Gasteiger partial charge in [0, 0.05) is 43.0 Å². The van der Waals surface area contributed by atoms with Crippen LogP contribution in [-0.4, -0.2) is 73.3 Å². The molecule has 0 bridgehead atoms. The summed E-state index contributed by atoms with van der Waals surface area (Å²) in [6.07, 6.45) is 1.05. The molecule has 162 valence electrons. The zero-order valence-corrected chi connectivity index (χ0v) is 18.7. The average molecular weight is 451 g/mol. The molecular weight excluding hydrogens is 424 g/mol. The van der Waals surface area contributed by atoms with Gasteiger partial charge >= 0.3 is 5.97 Å². The van der Waals surface area contributed by atoms with Crippen molar-refractivity contribution in [1.29, 1.82) is 0 Å². The molecule has 0 radical (unpaired) electrons. The second kappa shape index (κ2) is 9.43. The van der Waals surface area contributed by atoms with Crippen LogP contribution in [0.25, 0.3) is 0 Å². The van der Waals surface area contributed by atoms with Crippen molar-refractivity contribution in [3.05, 3.63) is 35.9 Å². The highest BCUT2D eigenvalue weighted by molar-refractivity contribution is 8.13. The fraction of sp³-hybridized carbons (Fsp3) is 0.524. The van der Waals surface area contributed by atoms with E-state index in [1.807, 2.05) is 18.2 Å². The summed E-state index contributed by atoms with van der Waals surface area (Å²) in [5.41, 5.74) is 0.624. The summed E-state index contributed by atoms with van der Waals surface area (Å²) in [7, 11) is 0. The van der Waals surface area contributed by atoms with Crippen molar-refractivity contribution in [1.82, 2.24) is 9.80 Å². The molecule has 2 atom stereocenters. The van der Waals surface area contributed by atoms with E-state index >= 15 is 0 Å². The number of benzene rings is 1. The maximum absolute atomic E-state index is 13.2. The molecule has 1 spiro atoms. The van der Waals surface area contributed by atoms with Gasteiger partial charge in [-0.2, -0.15) is 0 Å². The number of rotatable bonds is 5. The molecule has 2 fully saturated rings. The van der Waals surface area contributed by atoms with Gasteiger partial charge in [-0.15, -0.1) is 11.8 Å². The van der Waals surface area contributed by atoms with Gasteiger partial charge in [-0.3, -0.25) is 14.4 Å². The van der Waals surface area contributed by atoms with Crippen LogP contribution in [0, 0.1) is 5.92 Å². The molecular formula is C21H26N2O5S2. The van der Waals surface area contributed by atoms with E-state index in [0.29, 0.717) is 43.0 Å². The number of aliphatic carboxylic acids is 1. The maximum atomic E-state index is 13.2. The number of carboxylic acids is 1. The van der Waals surface area contributed by atoms with Gasteiger partial charge in [0.2, 0.25) is 5.91 Å². The van der Waals surface area contributed by atoms with E-state index in [1.54, 1.807) is 24.0 Å². The van der Waals surface area contributed by atoms with Crippen LogP contribution in [0.2, 0.25) is 0 Å². The van der Waals surface area contributed by atoms with Crippen LogP contribution in [-0.2, 0) is 14.4 Å². The van der Waals surface area contributed by atoms with Crippen molar-refractivity contribution in [2.75, 3.05) is 24.6 Å². The van der Waals surface area contributed by atoms with E-state index in [-0.39, 0.29) is 16.9 Å². The van der Waals surface area contributed by atoms with Gasteiger partial charge in [-0.1, -0.05) is 36.9 Å². The molecule has 0 aromatic heterocycles. The number of carbonyl (C=O) groups is 4. The second-order valence-electron chi connectivity index (χ2n) is 7.68. The summed E-state index contributed by atoms with van der Waals surface area (Å²) < 4.78 is 0. The molecule has 9 heteroatoms. The third kappa shape index (κ3) is 4.67. The zero-order chi connectivity index (χ0) is 21.9. The van der Waals surface area contributed by atoms with E-state index in [4.69, 9.17) is 0 Å². The summed E-state index contributed by atoms with van der Waals surface area (Å²) >= 11 is 2.58. The average Bonchev–Trinajstić information content (AvgIpc) is 3.11. The van der Waals surface area contributed by atoms with E-state index in [1.165, 1.54) is 23.6 Å². The topological polar surface area (TPSA) is 95.0 Å². The first-order chi connectivity index (χ1) is 14.2. The first kappa shape index (κ1) is 22.7. The predicted octanol–water partition coefficient (Wildman–Crippen LogP) is 2.56. The van der Waals surface area contributed by atoms with Crippen molar-refractivity contribution >= 4 is 46.4 Å². The largest absolute Gasteiger partial charge is 0.480 e. The Kier molecular flexibility index (Phi) is 7.13. The lowest BCUT2D eigenvalue weighted by Gasteiger charge is -2.45. The van der Waals surface area contributed by atoms with E-state index in [0.717, 1.165) is 11.8 Å². The Hall–Kier alpha value is -2.00. The number of thioether (sulfide) groups is 2. The number of likely N-dealkylation sites (tertiary alicyclic amines) is 1. The van der Waals surface area contributed by atoms with Crippen molar-refractivity contribution in [3.8, 4) is 0 Å². The van der Waals surface area contributed by atoms with Crippen LogP contribution in [0.3, 0.4) is 0 Å². The summed E-state index contributed by atoms with van der Waals surface area (Å²) in [6.45, 7) is 4.12. The monoisotopic (exact) mass is 450 g/mol.